The van der Waals surface area contributed by atoms with Crippen molar-refractivity contribution in [3.05, 3.63) is 36.2 Å². The second-order valence-corrected chi connectivity index (χ2v) is 6.88. The third-order valence-electron chi connectivity index (χ3n) is 4.27. The molecule has 0 N–H and O–H groups in total. The Morgan fingerprint density at radius 3 is 2.58 bits per heavy atom. The van der Waals surface area contributed by atoms with Gasteiger partial charge in [-0.05, 0) is 24.6 Å². The summed E-state index contributed by atoms with van der Waals surface area (Å²) in [5.41, 5.74) is 2.76. The number of aromatic nitrogens is 4. The minimum absolute atomic E-state index is 0.116. The topological polar surface area (TPSA) is 65.3 Å². The number of rotatable bonds is 7. The van der Waals surface area contributed by atoms with Crippen molar-refractivity contribution in [1.82, 2.24) is 19.5 Å². The Morgan fingerprint density at radius 1 is 1.19 bits per heavy atom. The lowest BCUT2D eigenvalue weighted by molar-refractivity contribution is 0.118. The normalized spacial score (nSPS) is 12.3. The number of hydrogen-bond acceptors (Lipinski definition) is 7. The van der Waals surface area contributed by atoms with E-state index < -0.39 is 0 Å². The Hall–Kier alpha value is -2.32. The first-order valence-corrected chi connectivity index (χ1v) is 9.22. The molecule has 0 aliphatic heterocycles. The van der Waals surface area contributed by atoms with E-state index in [1.54, 1.807) is 32.3 Å². The Labute approximate surface area is 157 Å². The van der Waals surface area contributed by atoms with Crippen LogP contribution in [0.2, 0.25) is 0 Å². The van der Waals surface area contributed by atoms with Crippen LogP contribution in [0.1, 0.15) is 12.5 Å². The fraction of sp³-hybridized carbons (Fsp3) is 0.389. The molecule has 0 fully saturated rings. The average molecular weight is 373 g/mol. The van der Waals surface area contributed by atoms with Crippen LogP contribution in [0, 0.1) is 0 Å². The van der Waals surface area contributed by atoms with Gasteiger partial charge in [0.1, 0.15) is 12.0 Å². The van der Waals surface area contributed by atoms with E-state index in [0.29, 0.717) is 5.16 Å². The third kappa shape index (κ3) is 3.76. The Bertz CT molecular complexity index is 881. The molecule has 2 heterocycles. The molecule has 26 heavy (non-hydrogen) atoms. The van der Waals surface area contributed by atoms with Gasteiger partial charge in [-0.2, -0.15) is 0 Å². The van der Waals surface area contributed by atoms with Crippen LogP contribution in [0.4, 0.5) is 5.82 Å². The Kier molecular flexibility index (Phi) is 5.63. The van der Waals surface area contributed by atoms with Crippen LogP contribution in [-0.4, -0.2) is 47.0 Å². The second-order valence-electron chi connectivity index (χ2n) is 5.94. The van der Waals surface area contributed by atoms with Crippen molar-refractivity contribution >= 4 is 28.7 Å². The van der Waals surface area contributed by atoms with E-state index in [-0.39, 0.29) is 6.23 Å². The summed E-state index contributed by atoms with van der Waals surface area (Å²) in [5.74, 6) is 2.39. The fourth-order valence-electron chi connectivity index (χ4n) is 2.48. The van der Waals surface area contributed by atoms with Gasteiger partial charge in [-0.15, -0.1) is 0 Å². The summed E-state index contributed by atoms with van der Waals surface area (Å²) in [4.78, 5) is 15.8. The number of hydrogen-bond donors (Lipinski definition) is 0. The van der Waals surface area contributed by atoms with Gasteiger partial charge in [-0.3, -0.25) is 0 Å². The quantitative estimate of drug-likeness (QED) is 0.358. The average Bonchev–Trinajstić information content (AvgIpc) is 3.05. The third-order valence-corrected chi connectivity index (χ3v) is 5.19. The maximum absolute atomic E-state index is 5.43. The SMILES string of the molecule is COc1ccc(CSc2nc(N(C)C(C)OC)c3ncn(C)c3n2)cc1. The van der Waals surface area contributed by atoms with Gasteiger partial charge in [-0.25, -0.2) is 15.0 Å². The summed E-state index contributed by atoms with van der Waals surface area (Å²) in [6, 6.07) is 8.02. The summed E-state index contributed by atoms with van der Waals surface area (Å²) < 4.78 is 12.5. The smallest absolute Gasteiger partial charge is 0.191 e. The minimum Gasteiger partial charge on any atom is -0.497 e. The minimum atomic E-state index is -0.116. The molecule has 8 heteroatoms. The molecular formula is C18H23N5O2S. The summed E-state index contributed by atoms with van der Waals surface area (Å²) in [5, 5.41) is 0.710. The van der Waals surface area contributed by atoms with E-state index in [2.05, 4.69) is 22.1 Å². The zero-order chi connectivity index (χ0) is 18.7. The molecule has 0 radical (unpaired) electrons. The first kappa shape index (κ1) is 18.5. The summed E-state index contributed by atoms with van der Waals surface area (Å²) in [6.07, 6.45) is 1.64. The lowest BCUT2D eigenvalue weighted by atomic mass is 10.2. The molecule has 0 bridgehead atoms. The van der Waals surface area contributed by atoms with E-state index in [1.165, 1.54) is 5.56 Å². The molecule has 0 saturated heterocycles. The van der Waals surface area contributed by atoms with Crippen molar-refractivity contribution < 1.29 is 9.47 Å². The van der Waals surface area contributed by atoms with E-state index in [1.807, 2.05) is 42.6 Å². The van der Waals surface area contributed by atoms with Gasteiger partial charge in [0, 0.05) is 27.0 Å². The summed E-state index contributed by atoms with van der Waals surface area (Å²) in [6.45, 7) is 1.97. The maximum atomic E-state index is 5.43. The van der Waals surface area contributed by atoms with Crippen LogP contribution >= 0.6 is 11.8 Å². The number of anilines is 1. The zero-order valence-electron chi connectivity index (χ0n) is 15.6. The molecule has 0 aliphatic rings. The molecule has 2 aromatic heterocycles. The van der Waals surface area contributed by atoms with E-state index >= 15 is 0 Å². The number of methoxy groups -OCH3 is 2. The van der Waals surface area contributed by atoms with Crippen molar-refractivity contribution in [1.29, 1.82) is 0 Å². The molecule has 7 nitrogen and oxygen atoms in total. The highest BCUT2D eigenvalue weighted by atomic mass is 32.2. The number of imidazole rings is 1. The summed E-state index contributed by atoms with van der Waals surface area (Å²) >= 11 is 1.59. The summed E-state index contributed by atoms with van der Waals surface area (Å²) in [7, 11) is 7.23. The Morgan fingerprint density at radius 2 is 1.92 bits per heavy atom. The van der Waals surface area contributed by atoms with Crippen molar-refractivity contribution in [3.8, 4) is 5.75 Å². The highest BCUT2D eigenvalue weighted by Gasteiger charge is 2.19. The predicted molar refractivity (Wildman–Crippen MR) is 104 cm³/mol. The van der Waals surface area contributed by atoms with Crippen LogP contribution in [0.25, 0.3) is 11.2 Å². The van der Waals surface area contributed by atoms with E-state index in [9.17, 15) is 0 Å². The maximum Gasteiger partial charge on any atom is 0.191 e. The van der Waals surface area contributed by atoms with Gasteiger partial charge in [0.2, 0.25) is 0 Å². The molecular weight excluding hydrogens is 350 g/mol. The van der Waals surface area contributed by atoms with Crippen molar-refractivity contribution in [3.63, 3.8) is 0 Å². The molecule has 0 saturated carbocycles. The van der Waals surface area contributed by atoms with Crippen molar-refractivity contribution in [2.75, 3.05) is 26.2 Å². The molecule has 0 aliphatic carbocycles. The van der Waals surface area contributed by atoms with E-state index in [0.717, 1.165) is 28.5 Å². The van der Waals surface area contributed by atoms with Gasteiger partial charge in [0.15, 0.2) is 22.1 Å². The number of ether oxygens (including phenoxy) is 2. The van der Waals surface area contributed by atoms with E-state index in [4.69, 9.17) is 14.5 Å². The van der Waals surface area contributed by atoms with Gasteiger partial charge in [0.25, 0.3) is 0 Å². The first-order valence-electron chi connectivity index (χ1n) is 8.24. The number of thioether (sulfide) groups is 1. The standard InChI is InChI=1S/C18H23N5O2S/c1-12(24-4)23(3)17-15-16(22(2)11-19-15)20-18(21-17)26-10-13-6-8-14(25-5)9-7-13/h6-9,11-12H,10H2,1-5H3. The Balaban J connectivity index is 1.88. The largest absolute Gasteiger partial charge is 0.497 e. The van der Waals surface area contributed by atoms with Crippen LogP contribution < -0.4 is 9.64 Å². The second kappa shape index (κ2) is 7.92. The first-order chi connectivity index (χ1) is 12.5. The highest BCUT2D eigenvalue weighted by molar-refractivity contribution is 7.98. The number of nitrogens with zero attached hydrogens (tertiary/aromatic N) is 5. The lowest BCUT2D eigenvalue weighted by Gasteiger charge is -2.24. The van der Waals surface area contributed by atoms with Gasteiger partial charge in [0.05, 0.1) is 13.4 Å². The fourth-order valence-corrected chi connectivity index (χ4v) is 3.27. The molecule has 1 aromatic carbocycles. The monoisotopic (exact) mass is 373 g/mol. The number of aryl methyl sites for hydroxylation is 1. The van der Waals surface area contributed by atoms with Crippen LogP contribution in [0.5, 0.6) is 5.75 Å². The van der Waals surface area contributed by atoms with Crippen LogP contribution in [0.3, 0.4) is 0 Å². The van der Waals surface area contributed by atoms with Gasteiger partial charge < -0.3 is 18.9 Å². The van der Waals surface area contributed by atoms with Crippen molar-refractivity contribution in [2.45, 2.75) is 24.1 Å². The molecule has 1 unspecified atom stereocenters. The molecule has 0 amide bonds. The molecule has 138 valence electrons. The van der Waals surface area contributed by atoms with Gasteiger partial charge in [-0.1, -0.05) is 23.9 Å². The zero-order valence-corrected chi connectivity index (χ0v) is 16.4. The molecule has 3 aromatic rings. The number of fused-ring (bicyclic) bond motifs is 1. The lowest BCUT2D eigenvalue weighted by Crippen LogP contribution is -2.31. The van der Waals surface area contributed by atoms with Crippen LogP contribution in [-0.2, 0) is 17.5 Å². The highest BCUT2D eigenvalue weighted by Crippen LogP contribution is 2.28. The van der Waals surface area contributed by atoms with Crippen molar-refractivity contribution in [2.24, 2.45) is 7.05 Å². The van der Waals surface area contributed by atoms with Crippen LogP contribution in [0.15, 0.2) is 35.7 Å². The van der Waals surface area contributed by atoms with Gasteiger partial charge >= 0.3 is 0 Å². The molecule has 1 atom stereocenters. The number of benzene rings is 1. The molecule has 3 rings (SSSR count). The predicted octanol–water partition coefficient (Wildman–Crippen LogP) is 3.09. The molecule has 0 spiro atoms.